The van der Waals surface area contributed by atoms with Crippen LogP contribution in [0.3, 0.4) is 0 Å². The molecule has 2 N–H and O–H groups in total. The Morgan fingerprint density at radius 1 is 1.41 bits per heavy atom. The Labute approximate surface area is 197 Å². The van der Waals surface area contributed by atoms with Gasteiger partial charge in [0.1, 0.15) is 9.84 Å². The fraction of sp³-hybridized carbons (Fsp3) is 0.650. The van der Waals surface area contributed by atoms with Crippen LogP contribution < -0.4 is 10.6 Å². The van der Waals surface area contributed by atoms with Crippen molar-refractivity contribution in [3.63, 3.8) is 0 Å². The standard InChI is InChI=1S/C20H33ClN4O2S.HI/c1-15(10-12-28(4,26)27)24-20(22-2)23-14-17-8-6-11-25(3)19(17)16-7-5-9-18(21)13-16;/h5,7,9,13,15,17,19H,6,8,10-12,14H2,1-4H3,(H2,22,23,24);1H. The third-order valence-corrected chi connectivity index (χ3v) is 6.47. The van der Waals surface area contributed by atoms with Gasteiger partial charge in [-0.25, -0.2) is 8.42 Å². The minimum absolute atomic E-state index is 0. The number of halogens is 2. The number of sulfone groups is 1. The second-order valence-electron chi connectivity index (χ2n) is 7.80. The van der Waals surface area contributed by atoms with Gasteiger partial charge in [-0.05, 0) is 63.4 Å². The van der Waals surface area contributed by atoms with E-state index < -0.39 is 9.84 Å². The van der Waals surface area contributed by atoms with Crippen LogP contribution in [0.5, 0.6) is 0 Å². The highest BCUT2D eigenvalue weighted by atomic mass is 127. The molecule has 0 aliphatic carbocycles. The normalized spacial score (nSPS) is 21.9. The SMILES string of the molecule is CN=C(NCC1CCCN(C)C1c1cccc(Cl)c1)NC(C)CCS(C)(=O)=O.I. The Morgan fingerprint density at radius 3 is 2.76 bits per heavy atom. The Hall–Kier alpha value is -0.580. The molecule has 166 valence electrons. The number of hydrogen-bond acceptors (Lipinski definition) is 4. The van der Waals surface area contributed by atoms with E-state index in [-0.39, 0.29) is 35.8 Å². The van der Waals surface area contributed by atoms with Gasteiger partial charge in [-0.15, -0.1) is 24.0 Å². The molecule has 6 nitrogen and oxygen atoms in total. The average molecular weight is 557 g/mol. The summed E-state index contributed by atoms with van der Waals surface area (Å²) in [7, 11) is 0.946. The van der Waals surface area contributed by atoms with E-state index in [9.17, 15) is 8.42 Å². The number of aliphatic imine (C=N–C) groups is 1. The maximum atomic E-state index is 11.4. The molecule has 0 spiro atoms. The lowest BCUT2D eigenvalue weighted by Crippen LogP contribution is -2.47. The Balaban J connectivity index is 0.00000420. The molecule has 1 aromatic carbocycles. The van der Waals surface area contributed by atoms with Crippen LogP contribution in [-0.2, 0) is 9.84 Å². The molecule has 0 amide bonds. The molecular formula is C20H34ClIN4O2S. The zero-order valence-electron chi connectivity index (χ0n) is 17.7. The molecule has 1 fully saturated rings. The molecule has 9 heteroatoms. The Kier molecular flexibility index (Phi) is 11.2. The van der Waals surface area contributed by atoms with E-state index in [1.165, 1.54) is 11.8 Å². The number of piperidine rings is 1. The van der Waals surface area contributed by atoms with Gasteiger partial charge >= 0.3 is 0 Å². The van der Waals surface area contributed by atoms with E-state index in [2.05, 4.69) is 39.7 Å². The summed E-state index contributed by atoms with van der Waals surface area (Å²) in [4.78, 5) is 6.69. The number of nitrogens with one attached hydrogen (secondary N) is 2. The van der Waals surface area contributed by atoms with E-state index in [1.54, 1.807) is 7.05 Å². The van der Waals surface area contributed by atoms with Crippen molar-refractivity contribution in [2.75, 3.05) is 39.2 Å². The molecule has 1 heterocycles. The fourth-order valence-electron chi connectivity index (χ4n) is 3.81. The Morgan fingerprint density at radius 2 is 2.14 bits per heavy atom. The third kappa shape index (κ3) is 8.98. The number of benzene rings is 1. The van der Waals surface area contributed by atoms with Gasteiger partial charge in [0.05, 0.1) is 5.75 Å². The molecule has 0 saturated carbocycles. The summed E-state index contributed by atoms with van der Waals surface area (Å²) in [5.41, 5.74) is 1.24. The first-order chi connectivity index (χ1) is 13.2. The maximum absolute atomic E-state index is 11.4. The lowest BCUT2D eigenvalue weighted by Gasteiger charge is -2.40. The van der Waals surface area contributed by atoms with E-state index in [1.807, 2.05) is 19.1 Å². The highest BCUT2D eigenvalue weighted by Gasteiger charge is 2.30. The summed E-state index contributed by atoms with van der Waals surface area (Å²) in [6.45, 7) is 3.84. The van der Waals surface area contributed by atoms with Crippen molar-refractivity contribution in [2.45, 2.75) is 38.3 Å². The molecule has 2 rings (SSSR count). The number of nitrogens with zero attached hydrogens (tertiary/aromatic N) is 2. The van der Waals surface area contributed by atoms with Crippen LogP contribution in [0.1, 0.15) is 37.8 Å². The van der Waals surface area contributed by atoms with Crippen LogP contribution in [0.15, 0.2) is 29.3 Å². The molecule has 1 aliphatic heterocycles. The minimum atomic E-state index is -2.96. The molecule has 0 bridgehead atoms. The van der Waals surface area contributed by atoms with Crippen molar-refractivity contribution in [1.29, 1.82) is 0 Å². The van der Waals surface area contributed by atoms with Gasteiger partial charge in [0.2, 0.25) is 0 Å². The van der Waals surface area contributed by atoms with Gasteiger partial charge in [-0.3, -0.25) is 9.89 Å². The fourth-order valence-corrected chi connectivity index (χ4v) is 4.79. The Bertz CT molecular complexity index is 775. The maximum Gasteiger partial charge on any atom is 0.191 e. The highest BCUT2D eigenvalue weighted by Crippen LogP contribution is 2.35. The van der Waals surface area contributed by atoms with Gasteiger partial charge in [-0.1, -0.05) is 23.7 Å². The molecule has 29 heavy (non-hydrogen) atoms. The molecule has 0 radical (unpaired) electrons. The van der Waals surface area contributed by atoms with Crippen LogP contribution in [0.4, 0.5) is 0 Å². The van der Waals surface area contributed by atoms with Crippen LogP contribution in [0.25, 0.3) is 0 Å². The molecule has 0 aromatic heterocycles. The number of rotatable bonds is 7. The van der Waals surface area contributed by atoms with Crippen LogP contribution in [-0.4, -0.2) is 64.5 Å². The molecule has 3 unspecified atom stereocenters. The zero-order valence-corrected chi connectivity index (χ0v) is 21.6. The van der Waals surface area contributed by atoms with Gasteiger partial charge in [0, 0.05) is 37.0 Å². The van der Waals surface area contributed by atoms with Crippen molar-refractivity contribution in [3.8, 4) is 0 Å². The summed E-state index contributed by atoms with van der Waals surface area (Å²) in [6.07, 6.45) is 4.12. The molecule has 1 aromatic rings. The predicted octanol–water partition coefficient (Wildman–Crippen LogP) is 3.33. The lowest BCUT2D eigenvalue weighted by atomic mass is 9.85. The molecule has 3 atom stereocenters. The van der Waals surface area contributed by atoms with Crippen molar-refractivity contribution in [3.05, 3.63) is 34.9 Å². The van der Waals surface area contributed by atoms with Gasteiger partial charge < -0.3 is 10.6 Å². The molecular weight excluding hydrogens is 523 g/mol. The summed E-state index contributed by atoms with van der Waals surface area (Å²) in [6, 6.07) is 8.45. The van der Waals surface area contributed by atoms with E-state index in [0.29, 0.717) is 24.3 Å². The molecule has 1 aliphatic rings. The van der Waals surface area contributed by atoms with Crippen LogP contribution in [0, 0.1) is 5.92 Å². The van der Waals surface area contributed by atoms with E-state index in [4.69, 9.17) is 11.6 Å². The van der Waals surface area contributed by atoms with Crippen LogP contribution >= 0.6 is 35.6 Å². The highest BCUT2D eigenvalue weighted by molar-refractivity contribution is 14.0. The molecule has 1 saturated heterocycles. The van der Waals surface area contributed by atoms with Gasteiger partial charge in [0.15, 0.2) is 5.96 Å². The van der Waals surface area contributed by atoms with Crippen molar-refractivity contribution < 1.29 is 8.42 Å². The summed E-state index contributed by atoms with van der Waals surface area (Å²) in [5.74, 6) is 1.31. The van der Waals surface area contributed by atoms with E-state index in [0.717, 1.165) is 31.0 Å². The first kappa shape index (κ1) is 26.5. The summed E-state index contributed by atoms with van der Waals surface area (Å²) in [5, 5.41) is 7.49. The second-order valence-corrected chi connectivity index (χ2v) is 10.5. The smallest absolute Gasteiger partial charge is 0.191 e. The van der Waals surface area contributed by atoms with Crippen molar-refractivity contribution in [1.82, 2.24) is 15.5 Å². The zero-order chi connectivity index (χ0) is 20.7. The van der Waals surface area contributed by atoms with Gasteiger partial charge in [-0.2, -0.15) is 0 Å². The second kappa shape index (κ2) is 12.3. The first-order valence-electron chi connectivity index (χ1n) is 9.80. The minimum Gasteiger partial charge on any atom is -0.356 e. The number of guanidine groups is 1. The third-order valence-electron chi connectivity index (χ3n) is 5.26. The number of likely N-dealkylation sites (tertiary alicyclic amines) is 1. The number of hydrogen-bond donors (Lipinski definition) is 2. The largest absolute Gasteiger partial charge is 0.356 e. The quantitative estimate of drug-likeness (QED) is 0.306. The summed E-state index contributed by atoms with van der Waals surface area (Å²) < 4.78 is 22.7. The van der Waals surface area contributed by atoms with Crippen molar-refractivity contribution >= 4 is 51.4 Å². The predicted molar refractivity (Wildman–Crippen MR) is 133 cm³/mol. The lowest BCUT2D eigenvalue weighted by molar-refractivity contribution is 0.122. The van der Waals surface area contributed by atoms with E-state index >= 15 is 0 Å². The van der Waals surface area contributed by atoms with Gasteiger partial charge in [0.25, 0.3) is 0 Å². The first-order valence-corrected chi connectivity index (χ1v) is 12.2. The van der Waals surface area contributed by atoms with Crippen molar-refractivity contribution in [2.24, 2.45) is 10.9 Å². The average Bonchev–Trinajstić information content (AvgIpc) is 2.62. The monoisotopic (exact) mass is 556 g/mol. The summed E-state index contributed by atoms with van der Waals surface area (Å²) >= 11 is 6.22. The van der Waals surface area contributed by atoms with Crippen LogP contribution in [0.2, 0.25) is 5.02 Å². The topological polar surface area (TPSA) is 73.8 Å².